The largest absolute Gasteiger partial charge is 0.444 e. The SMILES string of the molecule is COCc1cc(N2C[C@H]3CCN(C(=O)OC(C)(C)C)[C@H]3C2)cnc1Br. The number of anilines is 1. The Morgan fingerprint density at radius 2 is 2.16 bits per heavy atom. The van der Waals surface area contributed by atoms with E-state index in [1.807, 2.05) is 31.9 Å². The van der Waals surface area contributed by atoms with Gasteiger partial charge in [-0.1, -0.05) is 0 Å². The summed E-state index contributed by atoms with van der Waals surface area (Å²) in [6.07, 6.45) is 2.70. The Labute approximate surface area is 157 Å². The molecular formula is C18H26BrN3O3. The van der Waals surface area contributed by atoms with Gasteiger partial charge in [0.1, 0.15) is 10.2 Å². The topological polar surface area (TPSA) is 54.9 Å². The zero-order chi connectivity index (χ0) is 18.2. The summed E-state index contributed by atoms with van der Waals surface area (Å²) in [5, 5.41) is 0. The molecule has 1 aromatic rings. The number of amides is 1. The van der Waals surface area contributed by atoms with Crippen LogP contribution in [0.1, 0.15) is 32.8 Å². The van der Waals surface area contributed by atoms with Crippen molar-refractivity contribution < 1.29 is 14.3 Å². The Morgan fingerprint density at radius 1 is 1.40 bits per heavy atom. The summed E-state index contributed by atoms with van der Waals surface area (Å²) in [6, 6.07) is 2.32. The summed E-state index contributed by atoms with van der Waals surface area (Å²) in [7, 11) is 1.68. The number of carbonyl (C=O) groups is 1. The molecule has 0 saturated carbocycles. The number of hydrogen-bond acceptors (Lipinski definition) is 5. The van der Waals surface area contributed by atoms with Gasteiger partial charge in [-0.05, 0) is 49.2 Å². The number of pyridine rings is 1. The lowest BCUT2D eigenvalue weighted by Crippen LogP contribution is -2.42. The number of carbonyl (C=O) groups excluding carboxylic acids is 1. The summed E-state index contributed by atoms with van der Waals surface area (Å²) in [4.78, 5) is 21.1. The lowest BCUT2D eigenvalue weighted by molar-refractivity contribution is 0.0229. The zero-order valence-electron chi connectivity index (χ0n) is 15.3. The molecule has 2 saturated heterocycles. The Morgan fingerprint density at radius 3 is 2.84 bits per heavy atom. The number of nitrogens with zero attached hydrogens (tertiary/aromatic N) is 3. The van der Waals surface area contributed by atoms with Crippen LogP contribution in [0.25, 0.3) is 0 Å². The zero-order valence-corrected chi connectivity index (χ0v) is 16.9. The fourth-order valence-electron chi connectivity index (χ4n) is 3.63. The Kier molecular flexibility index (Phi) is 5.25. The number of aromatic nitrogens is 1. The number of ether oxygens (including phenoxy) is 2. The highest BCUT2D eigenvalue weighted by atomic mass is 79.9. The van der Waals surface area contributed by atoms with Crippen molar-refractivity contribution in [2.75, 3.05) is 31.6 Å². The van der Waals surface area contributed by atoms with E-state index in [4.69, 9.17) is 9.47 Å². The summed E-state index contributed by atoms with van der Waals surface area (Å²) in [5.74, 6) is 0.488. The van der Waals surface area contributed by atoms with Crippen LogP contribution in [-0.2, 0) is 16.1 Å². The molecule has 6 nitrogen and oxygen atoms in total. The number of rotatable bonds is 3. The van der Waals surface area contributed by atoms with Gasteiger partial charge >= 0.3 is 6.09 Å². The number of methoxy groups -OCH3 is 1. The van der Waals surface area contributed by atoms with Gasteiger partial charge in [0.15, 0.2) is 0 Å². The van der Waals surface area contributed by atoms with Gasteiger partial charge in [0.25, 0.3) is 0 Å². The van der Waals surface area contributed by atoms with Crippen LogP contribution < -0.4 is 4.90 Å². The molecule has 0 radical (unpaired) electrons. The fraction of sp³-hybridized carbons (Fsp3) is 0.667. The number of hydrogen-bond donors (Lipinski definition) is 0. The van der Waals surface area contributed by atoms with Crippen molar-refractivity contribution in [3.8, 4) is 0 Å². The fourth-order valence-corrected chi connectivity index (χ4v) is 3.96. The normalized spacial score (nSPS) is 23.1. The maximum absolute atomic E-state index is 12.5. The van der Waals surface area contributed by atoms with Crippen LogP contribution in [0.2, 0.25) is 0 Å². The molecule has 0 bridgehead atoms. The smallest absolute Gasteiger partial charge is 0.410 e. The van der Waals surface area contributed by atoms with Gasteiger partial charge in [0.05, 0.1) is 24.5 Å². The van der Waals surface area contributed by atoms with Crippen molar-refractivity contribution in [2.45, 2.75) is 45.4 Å². The molecule has 2 fully saturated rings. The predicted octanol–water partition coefficient (Wildman–Crippen LogP) is 3.44. The first-order valence-corrected chi connectivity index (χ1v) is 9.45. The van der Waals surface area contributed by atoms with E-state index >= 15 is 0 Å². The Bertz CT molecular complexity index is 647. The van der Waals surface area contributed by atoms with Crippen LogP contribution in [0.3, 0.4) is 0 Å². The van der Waals surface area contributed by atoms with Gasteiger partial charge in [-0.2, -0.15) is 0 Å². The van der Waals surface area contributed by atoms with Gasteiger partial charge in [-0.15, -0.1) is 0 Å². The maximum atomic E-state index is 12.5. The van der Waals surface area contributed by atoms with E-state index < -0.39 is 5.60 Å². The van der Waals surface area contributed by atoms with Gasteiger partial charge in [0.2, 0.25) is 0 Å². The van der Waals surface area contributed by atoms with E-state index in [-0.39, 0.29) is 12.1 Å². The minimum Gasteiger partial charge on any atom is -0.444 e. The van der Waals surface area contributed by atoms with Crippen LogP contribution in [0, 0.1) is 5.92 Å². The molecular weight excluding hydrogens is 386 g/mol. The third kappa shape index (κ3) is 4.08. The van der Waals surface area contributed by atoms with Gasteiger partial charge < -0.3 is 19.3 Å². The van der Waals surface area contributed by atoms with Crippen LogP contribution in [0.15, 0.2) is 16.9 Å². The molecule has 0 N–H and O–H groups in total. The molecule has 138 valence electrons. The molecule has 1 aromatic heterocycles. The highest BCUT2D eigenvalue weighted by Gasteiger charge is 2.44. The van der Waals surface area contributed by atoms with Crippen molar-refractivity contribution >= 4 is 27.7 Å². The second-order valence-corrected chi connectivity index (χ2v) is 8.52. The molecule has 3 rings (SSSR count). The Balaban J connectivity index is 1.71. The second kappa shape index (κ2) is 7.11. The molecule has 0 spiro atoms. The van der Waals surface area contributed by atoms with Crippen LogP contribution in [-0.4, -0.2) is 54.4 Å². The van der Waals surface area contributed by atoms with Crippen molar-refractivity contribution in [3.05, 3.63) is 22.4 Å². The summed E-state index contributed by atoms with van der Waals surface area (Å²) >= 11 is 3.47. The molecule has 0 aromatic carbocycles. The van der Waals surface area contributed by atoms with E-state index in [0.29, 0.717) is 12.5 Å². The number of halogens is 1. The highest BCUT2D eigenvalue weighted by molar-refractivity contribution is 9.10. The molecule has 2 aliphatic heterocycles. The van der Waals surface area contributed by atoms with Crippen LogP contribution in [0.4, 0.5) is 10.5 Å². The maximum Gasteiger partial charge on any atom is 0.410 e. The van der Waals surface area contributed by atoms with Crippen molar-refractivity contribution in [1.29, 1.82) is 0 Å². The third-order valence-corrected chi connectivity index (χ3v) is 5.45. The van der Waals surface area contributed by atoms with Crippen LogP contribution in [0.5, 0.6) is 0 Å². The monoisotopic (exact) mass is 411 g/mol. The van der Waals surface area contributed by atoms with E-state index in [1.54, 1.807) is 7.11 Å². The quantitative estimate of drug-likeness (QED) is 0.712. The molecule has 2 aliphatic rings. The molecule has 2 atom stereocenters. The van der Waals surface area contributed by atoms with Crippen molar-refractivity contribution in [2.24, 2.45) is 5.92 Å². The van der Waals surface area contributed by atoms with Crippen molar-refractivity contribution in [1.82, 2.24) is 9.88 Å². The van der Waals surface area contributed by atoms with Gasteiger partial charge in [-0.3, -0.25) is 0 Å². The summed E-state index contributed by atoms with van der Waals surface area (Å²) in [6.45, 7) is 8.79. The first-order chi connectivity index (χ1) is 11.8. The van der Waals surface area contributed by atoms with Gasteiger partial charge in [-0.25, -0.2) is 9.78 Å². The number of likely N-dealkylation sites (tertiary alicyclic amines) is 1. The Hall–Kier alpha value is -1.34. The van der Waals surface area contributed by atoms with Crippen LogP contribution >= 0.6 is 15.9 Å². The molecule has 1 amide bonds. The first-order valence-electron chi connectivity index (χ1n) is 8.66. The molecule has 7 heteroatoms. The lowest BCUT2D eigenvalue weighted by Gasteiger charge is -2.29. The minimum absolute atomic E-state index is 0.198. The molecule has 25 heavy (non-hydrogen) atoms. The highest BCUT2D eigenvalue weighted by Crippen LogP contribution is 2.35. The van der Waals surface area contributed by atoms with E-state index in [2.05, 4.69) is 31.9 Å². The number of fused-ring (bicyclic) bond motifs is 1. The minimum atomic E-state index is -0.460. The van der Waals surface area contributed by atoms with E-state index in [0.717, 1.165) is 41.9 Å². The summed E-state index contributed by atoms with van der Waals surface area (Å²) in [5.41, 5.74) is 1.65. The molecule has 0 aliphatic carbocycles. The van der Waals surface area contributed by atoms with Crippen molar-refractivity contribution in [3.63, 3.8) is 0 Å². The lowest BCUT2D eigenvalue weighted by atomic mass is 10.1. The standard InChI is InChI=1S/C18H26BrN3O3/c1-18(2,3)25-17(23)22-6-5-12-9-21(10-15(12)22)14-7-13(11-24-4)16(19)20-8-14/h7-8,12,15H,5-6,9-11H2,1-4H3/t12-,15+/m1/s1. The molecule has 3 heterocycles. The average Bonchev–Trinajstić information content (AvgIpc) is 3.08. The third-order valence-electron chi connectivity index (χ3n) is 4.74. The van der Waals surface area contributed by atoms with Gasteiger partial charge in [0, 0.05) is 38.2 Å². The first kappa shape index (κ1) is 18.5. The average molecular weight is 412 g/mol. The second-order valence-electron chi connectivity index (χ2n) is 7.77. The summed E-state index contributed by atoms with van der Waals surface area (Å²) < 4.78 is 11.6. The van der Waals surface area contributed by atoms with E-state index in [1.165, 1.54) is 0 Å². The predicted molar refractivity (Wildman–Crippen MR) is 99.7 cm³/mol. The van der Waals surface area contributed by atoms with E-state index in [9.17, 15) is 4.79 Å². The molecule has 0 unspecified atom stereocenters.